The lowest BCUT2D eigenvalue weighted by Crippen LogP contribution is -2.27. The number of hydrogen-bond acceptors (Lipinski definition) is 3. The summed E-state index contributed by atoms with van der Waals surface area (Å²) < 4.78 is 5.38. The highest BCUT2D eigenvalue weighted by atomic mass is 16.5. The molecule has 0 aromatic heterocycles. The molecule has 1 aliphatic carbocycles. The van der Waals surface area contributed by atoms with Crippen molar-refractivity contribution in [3.63, 3.8) is 0 Å². The number of nitrogens with one attached hydrogen (secondary N) is 1. The highest BCUT2D eigenvalue weighted by Crippen LogP contribution is 2.44. The summed E-state index contributed by atoms with van der Waals surface area (Å²) in [6.07, 6.45) is 0.296. The Morgan fingerprint density at radius 3 is 2.17 bits per heavy atom. The van der Waals surface area contributed by atoms with E-state index in [1.165, 1.54) is 22.3 Å². The van der Waals surface area contributed by atoms with Crippen molar-refractivity contribution in [1.29, 1.82) is 0 Å². The summed E-state index contributed by atoms with van der Waals surface area (Å²) >= 11 is 0. The molecule has 0 atom stereocenters. The summed E-state index contributed by atoms with van der Waals surface area (Å²) in [6.45, 7) is 0.662. The van der Waals surface area contributed by atoms with E-state index in [1.54, 1.807) is 0 Å². The number of alkyl carbamates (subject to hydrolysis) is 1. The number of ether oxygens (including phenoxy) is 1. The molecule has 0 spiro atoms. The fourth-order valence-electron chi connectivity index (χ4n) is 3.10. The number of primary amides is 1. The van der Waals surface area contributed by atoms with E-state index in [0.717, 1.165) is 0 Å². The van der Waals surface area contributed by atoms with Crippen molar-refractivity contribution in [2.75, 3.05) is 13.2 Å². The minimum atomic E-state index is -0.471. The molecule has 5 nitrogen and oxygen atoms in total. The lowest BCUT2D eigenvalue weighted by molar-refractivity contribution is -0.118. The third-order valence-electron chi connectivity index (χ3n) is 4.21. The topological polar surface area (TPSA) is 81.4 Å². The van der Waals surface area contributed by atoms with Gasteiger partial charge in [-0.25, -0.2) is 4.79 Å². The van der Waals surface area contributed by atoms with E-state index in [4.69, 9.17) is 10.5 Å². The molecule has 3 rings (SSSR count). The molecule has 0 saturated heterocycles. The van der Waals surface area contributed by atoms with Crippen molar-refractivity contribution < 1.29 is 14.3 Å². The second-order valence-corrected chi connectivity index (χ2v) is 5.82. The van der Waals surface area contributed by atoms with Gasteiger partial charge in [-0.2, -0.15) is 0 Å². The van der Waals surface area contributed by atoms with Gasteiger partial charge >= 0.3 is 6.09 Å². The first-order valence-electron chi connectivity index (χ1n) is 8.04. The molecule has 2 aromatic rings. The van der Waals surface area contributed by atoms with Crippen molar-refractivity contribution in [2.45, 2.75) is 18.8 Å². The van der Waals surface area contributed by atoms with Crippen LogP contribution in [0, 0.1) is 0 Å². The van der Waals surface area contributed by atoms with Gasteiger partial charge in [0.05, 0.1) is 0 Å². The number of benzene rings is 2. The highest BCUT2D eigenvalue weighted by Gasteiger charge is 2.28. The van der Waals surface area contributed by atoms with E-state index >= 15 is 0 Å². The second-order valence-electron chi connectivity index (χ2n) is 5.82. The van der Waals surface area contributed by atoms with E-state index in [0.29, 0.717) is 13.0 Å². The van der Waals surface area contributed by atoms with Gasteiger partial charge in [-0.3, -0.25) is 4.79 Å². The van der Waals surface area contributed by atoms with Gasteiger partial charge in [0.2, 0.25) is 5.91 Å². The van der Waals surface area contributed by atoms with Crippen LogP contribution in [0.3, 0.4) is 0 Å². The minimum Gasteiger partial charge on any atom is -0.449 e. The maximum absolute atomic E-state index is 11.8. The van der Waals surface area contributed by atoms with Crippen molar-refractivity contribution in [3.8, 4) is 11.1 Å². The Balaban J connectivity index is 1.61. The zero-order valence-electron chi connectivity index (χ0n) is 13.3. The Bertz CT molecular complexity index is 712. The molecule has 0 radical (unpaired) electrons. The molecule has 2 amide bonds. The number of amides is 2. The van der Waals surface area contributed by atoms with Crippen LogP contribution in [0.2, 0.25) is 0 Å². The molecule has 1 aliphatic rings. The number of rotatable bonds is 6. The second kappa shape index (κ2) is 7.17. The van der Waals surface area contributed by atoms with Gasteiger partial charge in [0.25, 0.3) is 0 Å². The maximum atomic E-state index is 11.8. The van der Waals surface area contributed by atoms with Crippen LogP contribution >= 0.6 is 0 Å². The number of hydrogen-bond donors (Lipinski definition) is 2. The van der Waals surface area contributed by atoms with Gasteiger partial charge in [0.1, 0.15) is 6.61 Å². The Labute approximate surface area is 140 Å². The summed E-state index contributed by atoms with van der Waals surface area (Å²) in [4.78, 5) is 22.5. The molecule has 0 bridgehead atoms. The summed E-state index contributed by atoms with van der Waals surface area (Å²) in [5, 5.41) is 2.64. The van der Waals surface area contributed by atoms with Crippen LogP contribution in [0.25, 0.3) is 11.1 Å². The molecule has 0 unspecified atom stereocenters. The normalized spacial score (nSPS) is 12.3. The predicted molar refractivity (Wildman–Crippen MR) is 91.5 cm³/mol. The van der Waals surface area contributed by atoms with Crippen LogP contribution in [-0.2, 0) is 9.53 Å². The quantitative estimate of drug-likeness (QED) is 0.802. The van der Waals surface area contributed by atoms with Crippen molar-refractivity contribution in [3.05, 3.63) is 59.7 Å². The molecule has 5 heteroatoms. The van der Waals surface area contributed by atoms with E-state index in [-0.39, 0.29) is 24.9 Å². The lowest BCUT2D eigenvalue weighted by atomic mass is 9.98. The standard InChI is InChI=1S/C19H20N2O3/c20-18(22)10-5-11-21-19(23)24-12-17-15-8-3-1-6-13(15)14-7-2-4-9-16(14)17/h1-4,6-9,17H,5,10-12H2,(H2,20,22)(H,21,23). The van der Waals surface area contributed by atoms with Crippen LogP contribution in [0.15, 0.2) is 48.5 Å². The van der Waals surface area contributed by atoms with E-state index in [1.807, 2.05) is 24.3 Å². The third-order valence-corrected chi connectivity index (χ3v) is 4.21. The Morgan fingerprint density at radius 1 is 1.00 bits per heavy atom. The molecular formula is C19H20N2O3. The smallest absolute Gasteiger partial charge is 0.407 e. The molecule has 3 N–H and O–H groups in total. The molecule has 124 valence electrons. The summed E-state index contributed by atoms with van der Waals surface area (Å²) in [7, 11) is 0. The third kappa shape index (κ3) is 3.40. The van der Waals surface area contributed by atoms with Crippen molar-refractivity contribution >= 4 is 12.0 Å². The number of carbonyl (C=O) groups excluding carboxylic acids is 2. The van der Waals surface area contributed by atoms with Crippen LogP contribution in [0.1, 0.15) is 29.9 Å². The van der Waals surface area contributed by atoms with Gasteiger partial charge in [-0.15, -0.1) is 0 Å². The molecule has 0 aliphatic heterocycles. The Kier molecular flexibility index (Phi) is 4.79. The van der Waals surface area contributed by atoms with Crippen molar-refractivity contribution in [1.82, 2.24) is 5.32 Å². The van der Waals surface area contributed by atoms with Gasteiger partial charge < -0.3 is 15.8 Å². The van der Waals surface area contributed by atoms with Gasteiger partial charge in [-0.1, -0.05) is 48.5 Å². The zero-order chi connectivity index (χ0) is 16.9. The van der Waals surface area contributed by atoms with Gasteiger partial charge in [0.15, 0.2) is 0 Å². The molecule has 24 heavy (non-hydrogen) atoms. The van der Waals surface area contributed by atoms with E-state index in [2.05, 4.69) is 29.6 Å². The average Bonchev–Trinajstić information content (AvgIpc) is 2.91. The molecule has 0 heterocycles. The first-order chi connectivity index (χ1) is 11.7. The van der Waals surface area contributed by atoms with Crippen LogP contribution < -0.4 is 11.1 Å². The van der Waals surface area contributed by atoms with E-state index < -0.39 is 6.09 Å². The monoisotopic (exact) mass is 324 g/mol. The van der Waals surface area contributed by atoms with Crippen LogP contribution in [0.5, 0.6) is 0 Å². The highest BCUT2D eigenvalue weighted by molar-refractivity contribution is 5.79. The van der Waals surface area contributed by atoms with Crippen molar-refractivity contribution in [2.24, 2.45) is 5.73 Å². The predicted octanol–water partition coefficient (Wildman–Crippen LogP) is 2.79. The Morgan fingerprint density at radius 2 is 1.58 bits per heavy atom. The summed E-state index contributed by atoms with van der Waals surface area (Å²) in [5.41, 5.74) is 9.82. The Hall–Kier alpha value is -2.82. The molecular weight excluding hydrogens is 304 g/mol. The first kappa shape index (κ1) is 16.1. The molecule has 0 saturated carbocycles. The SMILES string of the molecule is NC(=O)CCCNC(=O)OCC1c2ccccc2-c2ccccc21. The summed E-state index contributed by atoms with van der Waals surface area (Å²) in [6, 6.07) is 16.4. The molecule has 0 fully saturated rings. The van der Waals surface area contributed by atoms with Crippen LogP contribution in [0.4, 0.5) is 4.79 Å². The number of carbonyl (C=O) groups is 2. The zero-order valence-corrected chi connectivity index (χ0v) is 13.3. The van der Waals surface area contributed by atoms with Gasteiger partial charge in [-0.05, 0) is 28.7 Å². The maximum Gasteiger partial charge on any atom is 0.407 e. The van der Waals surface area contributed by atoms with E-state index in [9.17, 15) is 9.59 Å². The average molecular weight is 324 g/mol. The van der Waals surface area contributed by atoms with Crippen LogP contribution in [-0.4, -0.2) is 25.2 Å². The lowest BCUT2D eigenvalue weighted by Gasteiger charge is -2.14. The minimum absolute atomic E-state index is 0.0498. The number of fused-ring (bicyclic) bond motifs is 3. The first-order valence-corrected chi connectivity index (χ1v) is 8.04. The number of nitrogens with two attached hydrogens (primary N) is 1. The summed E-state index contributed by atoms with van der Waals surface area (Å²) in [5.74, 6) is -0.321. The largest absolute Gasteiger partial charge is 0.449 e. The van der Waals surface area contributed by atoms with Gasteiger partial charge in [0, 0.05) is 18.9 Å². The fraction of sp³-hybridized carbons (Fsp3) is 0.263. The fourth-order valence-corrected chi connectivity index (χ4v) is 3.10. The molecule has 2 aromatic carbocycles.